The fraction of sp³-hybridized carbons (Fsp3) is 0.550. The van der Waals surface area contributed by atoms with Gasteiger partial charge in [-0.25, -0.2) is 14.4 Å². The molecule has 0 saturated heterocycles. The van der Waals surface area contributed by atoms with Gasteiger partial charge in [0.1, 0.15) is 11.6 Å². The van der Waals surface area contributed by atoms with Crippen molar-refractivity contribution >= 4 is 18.0 Å². The van der Waals surface area contributed by atoms with Crippen molar-refractivity contribution in [3.05, 3.63) is 33.9 Å². The maximum absolute atomic E-state index is 12.3. The molecule has 180 valence electrons. The summed E-state index contributed by atoms with van der Waals surface area (Å²) in [6.45, 7) is 10.1. The van der Waals surface area contributed by atoms with Crippen LogP contribution in [0.25, 0.3) is 0 Å². The van der Waals surface area contributed by atoms with Crippen LogP contribution in [0.1, 0.15) is 58.3 Å². The fourth-order valence-corrected chi connectivity index (χ4v) is 1.96. The van der Waals surface area contributed by atoms with Gasteiger partial charge in [0, 0.05) is 6.42 Å². The molecule has 0 aromatic heterocycles. The van der Waals surface area contributed by atoms with Crippen LogP contribution in [0.3, 0.4) is 0 Å². The molecule has 12 heteroatoms. The number of alkyl carbamates (subject to hydrolysis) is 1. The van der Waals surface area contributed by atoms with Gasteiger partial charge in [0.15, 0.2) is 11.5 Å². The Morgan fingerprint density at radius 1 is 1.16 bits per heavy atom. The van der Waals surface area contributed by atoms with E-state index in [1.54, 1.807) is 20.8 Å². The molecule has 0 aliphatic heterocycles. The minimum Gasteiger partial charge on any atom is -0.490 e. The van der Waals surface area contributed by atoms with Gasteiger partial charge in [-0.05, 0) is 45.9 Å². The van der Waals surface area contributed by atoms with E-state index in [1.165, 1.54) is 19.1 Å². The van der Waals surface area contributed by atoms with E-state index < -0.39 is 34.8 Å². The van der Waals surface area contributed by atoms with Crippen molar-refractivity contribution in [3.8, 4) is 11.5 Å². The molecule has 0 spiro atoms. The fourth-order valence-electron chi connectivity index (χ4n) is 1.96. The number of benzene rings is 1. The molecule has 2 N–H and O–H groups in total. The molecule has 1 atom stereocenters. The Balaban J connectivity index is 0.00000466. The van der Waals surface area contributed by atoms with Crippen LogP contribution in [0, 0.1) is 10.1 Å². The quantitative estimate of drug-likeness (QED) is 0.175. The normalized spacial score (nSPS) is 11.2. The average molecular weight is 458 g/mol. The van der Waals surface area contributed by atoms with E-state index in [1.807, 2.05) is 13.8 Å². The predicted molar refractivity (Wildman–Crippen MR) is 112 cm³/mol. The average Bonchev–Trinajstić information content (AvgIpc) is 2.68. The number of rotatable bonds is 10. The molecule has 0 aliphatic rings. The first-order valence-corrected chi connectivity index (χ1v) is 9.87. The molecular weight excluding hydrogens is 428 g/mol. The number of esters is 1. The van der Waals surface area contributed by atoms with E-state index in [2.05, 4.69) is 10.2 Å². The van der Waals surface area contributed by atoms with Crippen molar-refractivity contribution in [1.29, 1.82) is 0 Å². The lowest BCUT2D eigenvalue weighted by atomic mass is 10.2. The molecule has 0 heterocycles. The van der Waals surface area contributed by atoms with Crippen molar-refractivity contribution in [2.24, 2.45) is 0 Å². The number of aromatic carboxylic acids is 1. The Kier molecular flexibility index (Phi) is 12.2. The molecule has 32 heavy (non-hydrogen) atoms. The predicted octanol–water partition coefficient (Wildman–Crippen LogP) is 3.21. The maximum Gasteiger partial charge on any atom is 0.408 e. The molecule has 1 unspecified atom stereocenters. The van der Waals surface area contributed by atoms with E-state index in [-0.39, 0.29) is 36.7 Å². The second-order valence-electron chi connectivity index (χ2n) is 7.01. The summed E-state index contributed by atoms with van der Waals surface area (Å²) in [6.07, 6.45) is -0.667. The zero-order valence-electron chi connectivity index (χ0n) is 19.0. The van der Waals surface area contributed by atoms with E-state index in [0.29, 0.717) is 0 Å². The zero-order chi connectivity index (χ0) is 24.9. The molecule has 0 saturated carbocycles. The highest BCUT2D eigenvalue weighted by atomic mass is 16.9. The van der Waals surface area contributed by atoms with Crippen molar-refractivity contribution in [3.63, 3.8) is 0 Å². The number of carboxylic acid groups (broad SMARTS) is 1. The molecular formula is C20H30N2O10. The third kappa shape index (κ3) is 11.6. The van der Waals surface area contributed by atoms with E-state index in [9.17, 15) is 24.5 Å². The lowest BCUT2D eigenvalue weighted by Crippen LogP contribution is -2.43. The van der Waals surface area contributed by atoms with Crippen molar-refractivity contribution in [2.45, 2.75) is 59.6 Å². The number of carbonyl (C=O) groups excluding carboxylic acids is 2. The van der Waals surface area contributed by atoms with Crippen LogP contribution in [-0.2, 0) is 14.4 Å². The van der Waals surface area contributed by atoms with Gasteiger partial charge in [-0.2, -0.15) is 0 Å². The summed E-state index contributed by atoms with van der Waals surface area (Å²) < 4.78 is 15.6. The lowest BCUT2D eigenvalue weighted by Gasteiger charge is -2.21. The number of carbonyl (C=O) groups is 3. The summed E-state index contributed by atoms with van der Waals surface area (Å²) >= 11 is 0. The molecule has 0 aliphatic carbocycles. The van der Waals surface area contributed by atoms with Gasteiger partial charge in [-0.3, -0.25) is 0 Å². The van der Waals surface area contributed by atoms with Crippen LogP contribution in [0.15, 0.2) is 18.2 Å². The van der Waals surface area contributed by atoms with Crippen LogP contribution in [0.5, 0.6) is 11.5 Å². The van der Waals surface area contributed by atoms with Gasteiger partial charge in [0.25, 0.3) is 5.09 Å². The summed E-state index contributed by atoms with van der Waals surface area (Å²) in [6, 6.07) is 2.51. The molecule has 0 fully saturated rings. The molecule has 1 aromatic carbocycles. The molecule has 1 amide bonds. The van der Waals surface area contributed by atoms with Crippen LogP contribution in [0.2, 0.25) is 0 Å². The zero-order valence-corrected chi connectivity index (χ0v) is 19.0. The van der Waals surface area contributed by atoms with Crippen LogP contribution < -0.4 is 14.8 Å². The number of hydrogen-bond acceptors (Lipinski definition) is 9. The highest BCUT2D eigenvalue weighted by Gasteiger charge is 2.23. The van der Waals surface area contributed by atoms with Crippen molar-refractivity contribution in [1.82, 2.24) is 5.32 Å². The molecule has 12 nitrogen and oxygen atoms in total. The van der Waals surface area contributed by atoms with Crippen molar-refractivity contribution < 1.29 is 43.6 Å². The van der Waals surface area contributed by atoms with E-state index in [4.69, 9.17) is 19.3 Å². The number of amides is 1. The largest absolute Gasteiger partial charge is 0.490 e. The number of carboxylic acids is 1. The summed E-state index contributed by atoms with van der Waals surface area (Å²) in [5, 5.41) is 20.6. The second kappa shape index (κ2) is 13.7. The van der Waals surface area contributed by atoms with Gasteiger partial charge >= 0.3 is 18.0 Å². The molecule has 0 bridgehead atoms. The Morgan fingerprint density at radius 2 is 1.78 bits per heavy atom. The van der Waals surface area contributed by atoms with Crippen molar-refractivity contribution in [2.75, 3.05) is 13.2 Å². The first-order valence-electron chi connectivity index (χ1n) is 9.87. The summed E-state index contributed by atoms with van der Waals surface area (Å²) in [7, 11) is 0. The van der Waals surface area contributed by atoms with Gasteiger partial charge in [0.05, 0.1) is 18.8 Å². The number of hydrogen-bond donors (Lipinski definition) is 2. The van der Waals surface area contributed by atoms with Crippen LogP contribution >= 0.6 is 0 Å². The summed E-state index contributed by atoms with van der Waals surface area (Å²) in [5.74, 6) is -2.28. The van der Waals surface area contributed by atoms with Gasteiger partial charge in [0.2, 0.25) is 0 Å². The topological polar surface area (TPSA) is 164 Å². The number of nitrogens with one attached hydrogen (secondary N) is 1. The Hall–Kier alpha value is -3.57. The number of ether oxygens (including phenoxy) is 3. The van der Waals surface area contributed by atoms with Gasteiger partial charge < -0.3 is 29.5 Å². The Bertz CT molecular complexity index is 789. The van der Waals surface area contributed by atoms with Gasteiger partial charge in [-0.15, -0.1) is 10.1 Å². The molecule has 0 radical (unpaired) electrons. The van der Waals surface area contributed by atoms with Crippen LogP contribution in [-0.4, -0.2) is 53.1 Å². The highest BCUT2D eigenvalue weighted by molar-refractivity contribution is 5.89. The summed E-state index contributed by atoms with van der Waals surface area (Å²) in [5.41, 5.74) is -0.918. The minimum absolute atomic E-state index is 0.0173. The minimum atomic E-state index is -1.25. The smallest absolute Gasteiger partial charge is 0.408 e. The first-order chi connectivity index (χ1) is 14.9. The monoisotopic (exact) mass is 458 g/mol. The standard InChI is InChI=1S/C18H24N2O10.C2H6/c1-11(19-17(24)30-18(2,3)4)16(23)29-14-10-12(15(21)22)6-7-13(14)27-8-5-9-28-20(25)26;1-2/h6-7,10-11H,5,8-9H2,1-4H3,(H,19,24)(H,21,22);1-2H3. The Labute approximate surface area is 185 Å². The SMILES string of the molecule is CC.CC(NC(=O)OC(C)(C)C)C(=O)Oc1cc(C(=O)O)ccc1OCCCO[N+](=O)[O-]. The van der Waals surface area contributed by atoms with E-state index >= 15 is 0 Å². The lowest BCUT2D eigenvalue weighted by molar-refractivity contribution is -0.757. The third-order valence-electron chi connectivity index (χ3n) is 3.23. The summed E-state index contributed by atoms with van der Waals surface area (Å²) in [4.78, 5) is 49.6. The first kappa shape index (κ1) is 28.4. The molecule has 1 aromatic rings. The second-order valence-corrected chi connectivity index (χ2v) is 7.01. The maximum atomic E-state index is 12.3. The number of nitrogens with zero attached hydrogens (tertiary/aromatic N) is 1. The van der Waals surface area contributed by atoms with Crippen LogP contribution in [0.4, 0.5) is 4.79 Å². The highest BCUT2D eigenvalue weighted by Crippen LogP contribution is 2.29. The Morgan fingerprint density at radius 3 is 2.31 bits per heavy atom. The molecule has 1 rings (SSSR count). The third-order valence-corrected chi connectivity index (χ3v) is 3.23. The van der Waals surface area contributed by atoms with Gasteiger partial charge in [-0.1, -0.05) is 13.8 Å². The van der Waals surface area contributed by atoms with E-state index in [0.717, 1.165) is 6.07 Å².